The van der Waals surface area contributed by atoms with E-state index in [1.54, 1.807) is 26.2 Å². The van der Waals surface area contributed by atoms with Crippen molar-refractivity contribution in [3.8, 4) is 0 Å². The molecule has 1 aliphatic rings. The van der Waals surface area contributed by atoms with E-state index in [2.05, 4.69) is 15.0 Å². The Balaban J connectivity index is 1.56. The van der Waals surface area contributed by atoms with Crippen LogP contribution in [0.25, 0.3) is 0 Å². The molecule has 0 bridgehead atoms. The third-order valence-corrected chi connectivity index (χ3v) is 6.42. The molecule has 8 heteroatoms. The summed E-state index contributed by atoms with van der Waals surface area (Å²) in [5.74, 6) is 0.839. The molecule has 1 aromatic carbocycles. The maximum absolute atomic E-state index is 12.3. The SMILES string of the molecule is Cc1cc(CN2CCN(Cc3cccc(S(=O)(=O)N(C)C)c3)CC2)no1. The number of rotatable bonds is 6. The average molecular weight is 378 g/mol. The van der Waals surface area contributed by atoms with Crippen LogP contribution in [0, 0.1) is 6.92 Å². The highest BCUT2D eigenvalue weighted by molar-refractivity contribution is 7.89. The Labute approximate surface area is 155 Å². The summed E-state index contributed by atoms with van der Waals surface area (Å²) in [7, 11) is -0.285. The van der Waals surface area contributed by atoms with Gasteiger partial charge in [0.05, 0.1) is 10.6 Å². The fraction of sp³-hybridized carbons (Fsp3) is 0.500. The van der Waals surface area contributed by atoms with Crippen LogP contribution >= 0.6 is 0 Å². The van der Waals surface area contributed by atoms with Crippen molar-refractivity contribution in [3.63, 3.8) is 0 Å². The molecular formula is C18H26N4O3S. The molecule has 1 saturated heterocycles. The van der Waals surface area contributed by atoms with Gasteiger partial charge in [0.1, 0.15) is 5.76 Å². The van der Waals surface area contributed by atoms with Crippen molar-refractivity contribution >= 4 is 10.0 Å². The summed E-state index contributed by atoms with van der Waals surface area (Å²) in [6.45, 7) is 7.28. The Bertz CT molecular complexity index is 840. The Hall–Kier alpha value is -1.74. The molecule has 0 spiro atoms. The van der Waals surface area contributed by atoms with Gasteiger partial charge in [0.15, 0.2) is 0 Å². The number of aryl methyl sites for hydroxylation is 1. The van der Waals surface area contributed by atoms with Crippen LogP contribution < -0.4 is 0 Å². The fourth-order valence-corrected chi connectivity index (χ4v) is 4.07. The van der Waals surface area contributed by atoms with Crippen LogP contribution in [0.3, 0.4) is 0 Å². The van der Waals surface area contributed by atoms with Crippen molar-refractivity contribution in [1.29, 1.82) is 0 Å². The predicted octanol–water partition coefficient (Wildman–Crippen LogP) is 1.55. The van der Waals surface area contributed by atoms with E-state index in [0.29, 0.717) is 4.90 Å². The minimum absolute atomic E-state index is 0.347. The fourth-order valence-electron chi connectivity index (χ4n) is 3.10. The van der Waals surface area contributed by atoms with Crippen molar-refractivity contribution in [2.75, 3.05) is 40.3 Å². The summed E-state index contributed by atoms with van der Waals surface area (Å²) < 4.78 is 30.9. The lowest BCUT2D eigenvalue weighted by Gasteiger charge is -2.34. The summed E-state index contributed by atoms with van der Waals surface area (Å²) in [5, 5.41) is 4.05. The highest BCUT2D eigenvalue weighted by atomic mass is 32.2. The van der Waals surface area contributed by atoms with Gasteiger partial charge in [-0.2, -0.15) is 0 Å². The average Bonchev–Trinajstić information content (AvgIpc) is 3.01. The van der Waals surface area contributed by atoms with E-state index < -0.39 is 10.0 Å². The van der Waals surface area contributed by atoms with Gasteiger partial charge >= 0.3 is 0 Å². The van der Waals surface area contributed by atoms with Crippen LogP contribution in [0.4, 0.5) is 0 Å². The topological polar surface area (TPSA) is 69.9 Å². The standard InChI is InChI=1S/C18H26N4O3S/c1-15-11-17(19-25-15)14-22-9-7-21(8-10-22)13-16-5-4-6-18(12-16)26(23,24)20(2)3/h4-6,11-12H,7-10,13-14H2,1-3H3. The quantitative estimate of drug-likeness (QED) is 0.760. The molecule has 0 unspecified atom stereocenters. The first-order valence-electron chi connectivity index (χ1n) is 8.73. The highest BCUT2D eigenvalue weighted by Gasteiger charge is 2.20. The van der Waals surface area contributed by atoms with Gasteiger partial charge in [0.2, 0.25) is 10.0 Å². The molecule has 1 aliphatic heterocycles. The predicted molar refractivity (Wildman–Crippen MR) is 99.1 cm³/mol. The first-order chi connectivity index (χ1) is 12.3. The zero-order valence-corrected chi connectivity index (χ0v) is 16.4. The van der Waals surface area contributed by atoms with Crippen molar-refractivity contribution < 1.29 is 12.9 Å². The summed E-state index contributed by atoms with van der Waals surface area (Å²) in [6, 6.07) is 9.20. The molecule has 0 radical (unpaired) electrons. The van der Waals surface area contributed by atoms with Gasteiger partial charge in [-0.15, -0.1) is 0 Å². The molecule has 2 aromatic rings. The summed E-state index contributed by atoms with van der Waals surface area (Å²) >= 11 is 0. The van der Waals surface area contributed by atoms with E-state index in [1.165, 1.54) is 4.31 Å². The van der Waals surface area contributed by atoms with E-state index in [1.807, 2.05) is 25.1 Å². The molecule has 1 aromatic heterocycles. The minimum atomic E-state index is -3.39. The molecule has 26 heavy (non-hydrogen) atoms. The van der Waals surface area contributed by atoms with Gasteiger partial charge in [-0.05, 0) is 24.6 Å². The van der Waals surface area contributed by atoms with Gasteiger partial charge in [0.25, 0.3) is 0 Å². The van der Waals surface area contributed by atoms with Crippen LogP contribution in [-0.4, -0.2) is 68.0 Å². The van der Waals surface area contributed by atoms with Gasteiger partial charge in [-0.1, -0.05) is 17.3 Å². The first-order valence-corrected chi connectivity index (χ1v) is 10.2. The van der Waals surface area contributed by atoms with Crippen molar-refractivity contribution in [1.82, 2.24) is 19.3 Å². The van der Waals surface area contributed by atoms with Crippen LogP contribution in [0.2, 0.25) is 0 Å². The number of benzene rings is 1. The molecule has 0 N–H and O–H groups in total. The van der Waals surface area contributed by atoms with Gasteiger partial charge in [0, 0.05) is 59.4 Å². The number of hydrogen-bond donors (Lipinski definition) is 0. The highest BCUT2D eigenvalue weighted by Crippen LogP contribution is 2.17. The van der Waals surface area contributed by atoms with Crippen LogP contribution in [0.5, 0.6) is 0 Å². The number of nitrogens with zero attached hydrogens (tertiary/aromatic N) is 4. The summed E-state index contributed by atoms with van der Waals surface area (Å²) in [6.07, 6.45) is 0. The van der Waals surface area contributed by atoms with Crippen LogP contribution in [-0.2, 0) is 23.1 Å². The third kappa shape index (κ3) is 4.50. The van der Waals surface area contributed by atoms with Gasteiger partial charge in [-0.25, -0.2) is 12.7 Å². The molecule has 1 fully saturated rings. The van der Waals surface area contributed by atoms with Gasteiger partial charge < -0.3 is 4.52 Å². The number of aromatic nitrogens is 1. The van der Waals surface area contributed by atoms with Crippen LogP contribution in [0.15, 0.2) is 39.8 Å². The van der Waals surface area contributed by atoms with Crippen molar-refractivity contribution in [2.24, 2.45) is 0 Å². The van der Waals surface area contributed by atoms with E-state index in [0.717, 1.165) is 56.3 Å². The summed E-state index contributed by atoms with van der Waals surface area (Å²) in [4.78, 5) is 5.06. The Morgan fingerprint density at radius 1 is 1.08 bits per heavy atom. The smallest absolute Gasteiger partial charge is 0.242 e. The zero-order chi connectivity index (χ0) is 18.7. The number of piperazine rings is 1. The van der Waals surface area contributed by atoms with Crippen molar-refractivity contribution in [2.45, 2.75) is 24.9 Å². The second-order valence-electron chi connectivity index (χ2n) is 6.92. The normalized spacial score (nSPS) is 17.1. The summed E-state index contributed by atoms with van der Waals surface area (Å²) in [5.41, 5.74) is 1.99. The largest absolute Gasteiger partial charge is 0.361 e. The molecule has 0 atom stereocenters. The maximum Gasteiger partial charge on any atom is 0.242 e. The molecule has 0 saturated carbocycles. The number of sulfonamides is 1. The maximum atomic E-state index is 12.3. The lowest BCUT2D eigenvalue weighted by atomic mass is 10.2. The molecule has 2 heterocycles. The lowest BCUT2D eigenvalue weighted by Crippen LogP contribution is -2.45. The number of hydrogen-bond acceptors (Lipinski definition) is 6. The molecule has 142 valence electrons. The van der Waals surface area contributed by atoms with Gasteiger partial charge in [-0.3, -0.25) is 9.80 Å². The lowest BCUT2D eigenvalue weighted by molar-refractivity contribution is 0.120. The zero-order valence-electron chi connectivity index (χ0n) is 15.6. The van der Waals surface area contributed by atoms with Crippen LogP contribution in [0.1, 0.15) is 17.0 Å². The van der Waals surface area contributed by atoms with E-state index >= 15 is 0 Å². The molecule has 7 nitrogen and oxygen atoms in total. The molecular weight excluding hydrogens is 352 g/mol. The first kappa shape index (κ1) is 19.0. The van der Waals surface area contributed by atoms with E-state index in [-0.39, 0.29) is 0 Å². The second-order valence-corrected chi connectivity index (χ2v) is 9.07. The Morgan fingerprint density at radius 2 is 1.73 bits per heavy atom. The second kappa shape index (κ2) is 7.87. The Kier molecular flexibility index (Phi) is 5.76. The van der Waals surface area contributed by atoms with E-state index in [9.17, 15) is 8.42 Å². The Morgan fingerprint density at radius 3 is 2.31 bits per heavy atom. The van der Waals surface area contributed by atoms with Crippen molar-refractivity contribution in [3.05, 3.63) is 47.3 Å². The monoisotopic (exact) mass is 378 g/mol. The van der Waals surface area contributed by atoms with E-state index in [4.69, 9.17) is 4.52 Å². The molecule has 3 rings (SSSR count). The molecule has 0 amide bonds. The molecule has 0 aliphatic carbocycles. The minimum Gasteiger partial charge on any atom is -0.361 e. The third-order valence-electron chi connectivity index (χ3n) is 4.61.